The molecule has 0 aliphatic rings. The van der Waals surface area contributed by atoms with Gasteiger partial charge in [-0.1, -0.05) is 101 Å². The number of hydrogen-bond acceptors (Lipinski definition) is 5. The Kier molecular flexibility index (Phi) is 11.7. The number of aromatic nitrogens is 2. The van der Waals surface area contributed by atoms with Gasteiger partial charge in [-0.2, -0.15) is 0 Å². The van der Waals surface area contributed by atoms with Crippen LogP contribution in [0, 0.1) is 37.7 Å². The van der Waals surface area contributed by atoms with E-state index in [1.54, 1.807) is 17.7 Å². The van der Waals surface area contributed by atoms with E-state index in [1.165, 1.54) is 49.0 Å². The number of benzene rings is 4. The third-order valence-corrected chi connectivity index (χ3v) is 11.6. The predicted octanol–water partition coefficient (Wildman–Crippen LogP) is 12.2. The second kappa shape index (κ2) is 15.0. The molecule has 0 fully saturated rings. The summed E-state index contributed by atoms with van der Waals surface area (Å²) in [5, 5.41) is 17.4. The van der Waals surface area contributed by atoms with E-state index in [0.717, 1.165) is 52.5 Å². The Balaban J connectivity index is 0.000000251. The van der Waals surface area contributed by atoms with Crippen molar-refractivity contribution in [1.29, 1.82) is 0 Å². The van der Waals surface area contributed by atoms with E-state index in [1.807, 2.05) is 41.5 Å². The maximum atomic E-state index is 12.2. The van der Waals surface area contributed by atoms with Crippen molar-refractivity contribution in [2.24, 2.45) is 10.8 Å². The van der Waals surface area contributed by atoms with Gasteiger partial charge in [0.05, 0.1) is 0 Å². The third kappa shape index (κ3) is 7.13. The summed E-state index contributed by atoms with van der Waals surface area (Å²) in [6.45, 7) is 18.6. The summed E-state index contributed by atoms with van der Waals surface area (Å²) in [4.78, 5) is 22.5. The number of aliphatic hydroxyl groups is 1. The molecule has 0 unspecified atom stereocenters. The second-order valence-electron chi connectivity index (χ2n) is 13.5. The average molecular weight is 836 g/mol. The average Bonchev–Trinajstić information content (AvgIpc) is 3.43. The molecule has 6 rings (SSSR count). The number of carbonyl (C=O) groups is 1. The summed E-state index contributed by atoms with van der Waals surface area (Å²) in [6, 6.07) is 23.4. The number of hydrogen-bond donors (Lipinski definition) is 1. The molecule has 48 heavy (non-hydrogen) atoms. The van der Waals surface area contributed by atoms with Crippen LogP contribution in [0.15, 0.2) is 72.8 Å². The van der Waals surface area contributed by atoms with Crippen molar-refractivity contribution in [1.82, 2.24) is 9.97 Å². The molecular formula is C42H47IrN2O2S-. The van der Waals surface area contributed by atoms with Gasteiger partial charge in [0.15, 0.2) is 5.78 Å². The van der Waals surface area contributed by atoms with Gasteiger partial charge < -0.3 is 5.11 Å². The summed E-state index contributed by atoms with van der Waals surface area (Å²) in [7, 11) is 0. The molecule has 2 aromatic heterocycles. The van der Waals surface area contributed by atoms with Crippen LogP contribution in [-0.2, 0) is 24.9 Å². The first-order chi connectivity index (χ1) is 22.4. The Morgan fingerprint density at radius 1 is 0.833 bits per heavy atom. The van der Waals surface area contributed by atoms with Crippen molar-refractivity contribution < 1.29 is 30.0 Å². The number of carbonyl (C=O) groups excluding carboxylic acids is 1. The maximum absolute atomic E-state index is 12.2. The third-order valence-electron chi connectivity index (χ3n) is 10.5. The fourth-order valence-electron chi connectivity index (χ4n) is 6.37. The smallest absolute Gasteiger partial charge is 0.164 e. The molecule has 4 aromatic carbocycles. The van der Waals surface area contributed by atoms with Crippen LogP contribution < -0.4 is 0 Å². The first kappa shape index (κ1) is 37.4. The molecule has 253 valence electrons. The second-order valence-corrected chi connectivity index (χ2v) is 14.5. The van der Waals surface area contributed by atoms with Crippen molar-refractivity contribution in [3.8, 4) is 11.3 Å². The summed E-state index contributed by atoms with van der Waals surface area (Å²) in [6.07, 6.45) is 6.44. The van der Waals surface area contributed by atoms with Crippen molar-refractivity contribution in [2.75, 3.05) is 0 Å². The number of ketones is 1. The fourth-order valence-corrected chi connectivity index (χ4v) is 7.44. The first-order valence-corrected chi connectivity index (χ1v) is 17.7. The minimum absolute atomic E-state index is 0. The van der Waals surface area contributed by atoms with Gasteiger partial charge in [-0.25, -0.2) is 4.98 Å². The molecule has 0 saturated carbocycles. The minimum Gasteiger partial charge on any atom is -0.512 e. The van der Waals surface area contributed by atoms with Gasteiger partial charge in [-0.3, -0.25) is 9.78 Å². The summed E-state index contributed by atoms with van der Waals surface area (Å²) in [5.41, 5.74) is 5.21. The molecular weight excluding hydrogens is 789 g/mol. The number of rotatable bonds is 8. The Morgan fingerprint density at radius 2 is 1.44 bits per heavy atom. The van der Waals surface area contributed by atoms with Crippen LogP contribution in [0.1, 0.15) is 83.9 Å². The van der Waals surface area contributed by atoms with Crippen molar-refractivity contribution >= 4 is 59.0 Å². The van der Waals surface area contributed by atoms with E-state index in [-0.39, 0.29) is 42.5 Å². The van der Waals surface area contributed by atoms with Gasteiger partial charge in [0.25, 0.3) is 0 Å². The number of allylic oxidation sites excluding steroid dienone is 2. The van der Waals surface area contributed by atoms with Gasteiger partial charge in [-0.05, 0) is 67.8 Å². The molecule has 0 bridgehead atoms. The van der Waals surface area contributed by atoms with Gasteiger partial charge in [0, 0.05) is 52.8 Å². The van der Waals surface area contributed by atoms with Crippen LogP contribution in [0.5, 0.6) is 0 Å². The number of thiophene rings is 1. The first-order valence-electron chi connectivity index (χ1n) is 16.8. The monoisotopic (exact) mass is 836 g/mol. The maximum Gasteiger partial charge on any atom is 0.164 e. The zero-order valence-corrected chi connectivity index (χ0v) is 32.9. The molecule has 1 radical (unpaired) electrons. The van der Waals surface area contributed by atoms with E-state index >= 15 is 0 Å². The molecule has 6 heteroatoms. The molecule has 0 aliphatic heterocycles. The van der Waals surface area contributed by atoms with Crippen LogP contribution in [0.2, 0.25) is 0 Å². The van der Waals surface area contributed by atoms with E-state index in [2.05, 4.69) is 86.4 Å². The van der Waals surface area contributed by atoms with Crippen LogP contribution in [0.3, 0.4) is 0 Å². The Morgan fingerprint density at radius 3 is 2.06 bits per heavy atom. The molecule has 0 saturated heterocycles. The van der Waals surface area contributed by atoms with Gasteiger partial charge >= 0.3 is 0 Å². The summed E-state index contributed by atoms with van der Waals surface area (Å²) < 4.78 is 1.25. The topological polar surface area (TPSA) is 63.1 Å². The molecule has 0 atom stereocenters. The van der Waals surface area contributed by atoms with Crippen LogP contribution in [-0.4, -0.2) is 20.9 Å². The predicted molar refractivity (Wildman–Crippen MR) is 202 cm³/mol. The standard InChI is InChI=1S/C27H19N2S.C15H28O2.Ir/c1-15-8-16(2)24-17(3)10-21(11-20(24)9-15)26-25-22-12-18-6-4-5-7-19(18)13-23(22)30-27(25)29-14-28-26;1-7-14(5,8-2)12(16)11-13(17)15(6,9-3)10-4;/h4-10,12-14H,1-3H3;11,16H,7-10H2,1-6H3;/q-1;;/b;12-11-;. The fraction of sp³-hybridized carbons (Fsp3) is 0.357. The van der Waals surface area contributed by atoms with Crippen LogP contribution in [0.25, 0.3) is 53.1 Å². The molecule has 4 nitrogen and oxygen atoms in total. The Bertz CT molecular complexity index is 2140. The van der Waals surface area contributed by atoms with E-state index in [9.17, 15) is 9.90 Å². The molecule has 1 N–H and O–H groups in total. The van der Waals surface area contributed by atoms with E-state index in [4.69, 9.17) is 4.98 Å². The molecule has 0 spiro atoms. The normalized spacial score (nSPS) is 12.3. The zero-order chi connectivity index (χ0) is 34.1. The summed E-state index contributed by atoms with van der Waals surface area (Å²) in [5.74, 6) is 0.286. The quantitative estimate of drug-likeness (QED) is 0.0942. The number of aryl methyl sites for hydroxylation is 3. The minimum atomic E-state index is -0.337. The van der Waals surface area contributed by atoms with Crippen LogP contribution in [0.4, 0.5) is 0 Å². The number of aliphatic hydroxyl groups excluding tert-OH is 1. The number of nitrogens with zero attached hydrogens (tertiary/aromatic N) is 2. The Hall–Kier alpha value is -3.44. The Labute approximate surface area is 303 Å². The van der Waals surface area contributed by atoms with Crippen molar-refractivity contribution in [2.45, 2.75) is 88.0 Å². The van der Waals surface area contributed by atoms with Crippen molar-refractivity contribution in [3.05, 3.63) is 95.5 Å². The summed E-state index contributed by atoms with van der Waals surface area (Å²) >= 11 is 1.73. The van der Waals surface area contributed by atoms with E-state index in [0.29, 0.717) is 0 Å². The van der Waals surface area contributed by atoms with Gasteiger partial charge in [0.2, 0.25) is 0 Å². The van der Waals surface area contributed by atoms with Gasteiger partial charge in [0.1, 0.15) is 16.9 Å². The molecule has 0 amide bonds. The van der Waals surface area contributed by atoms with E-state index < -0.39 is 0 Å². The SMILES string of the molecule is CCC(C)(CC)C(=O)/C=C(\O)C(C)(CC)CC.Cc1cc(C)c2c(C)cc(-c3ncnc4sc5cc6ccccc6cc5c34)[c-]c2c1.[Ir]. The van der Waals surface area contributed by atoms with Crippen LogP contribution >= 0.6 is 11.3 Å². The number of fused-ring (bicyclic) bond motifs is 5. The largest absolute Gasteiger partial charge is 0.512 e. The molecule has 2 heterocycles. The van der Waals surface area contributed by atoms with Gasteiger partial charge in [-0.15, -0.1) is 40.5 Å². The van der Waals surface area contributed by atoms with Crippen molar-refractivity contribution in [3.63, 3.8) is 0 Å². The molecule has 0 aliphatic carbocycles. The zero-order valence-electron chi connectivity index (χ0n) is 29.7. The molecule has 6 aromatic rings.